The molecule has 0 aliphatic heterocycles. The van der Waals surface area contributed by atoms with E-state index in [1.165, 1.54) is 11.3 Å². The van der Waals surface area contributed by atoms with Gasteiger partial charge >= 0.3 is 0 Å². The number of carbonyl (C=O) groups is 1. The minimum absolute atomic E-state index is 0.169. The number of nitrogens with zero attached hydrogens (tertiary/aromatic N) is 2. The lowest BCUT2D eigenvalue weighted by Gasteiger charge is -2.22. The molecule has 0 unspecified atom stereocenters. The van der Waals surface area contributed by atoms with Crippen molar-refractivity contribution in [2.75, 3.05) is 18.8 Å². The molecule has 0 saturated carbocycles. The number of anilines is 1. The molecular formula is C13H23N3OS. The van der Waals surface area contributed by atoms with Crippen molar-refractivity contribution in [3.05, 3.63) is 11.1 Å². The van der Waals surface area contributed by atoms with Crippen molar-refractivity contribution in [3.63, 3.8) is 0 Å². The maximum Gasteiger partial charge on any atom is 0.228 e. The summed E-state index contributed by atoms with van der Waals surface area (Å²) in [4.78, 5) is 18.3. The van der Waals surface area contributed by atoms with Gasteiger partial charge < -0.3 is 10.6 Å². The van der Waals surface area contributed by atoms with Gasteiger partial charge in [-0.15, -0.1) is 11.3 Å². The number of hydrogen-bond acceptors (Lipinski definition) is 4. The number of unbranched alkanes of at least 4 members (excludes halogenated alkanes) is 2. The Kier molecular flexibility index (Phi) is 6.72. The lowest BCUT2D eigenvalue weighted by molar-refractivity contribution is -0.130. The molecule has 1 amide bonds. The maximum absolute atomic E-state index is 12.2. The van der Waals surface area contributed by atoms with Crippen molar-refractivity contribution in [1.82, 2.24) is 9.88 Å². The number of rotatable bonds is 8. The second-order valence-corrected chi connectivity index (χ2v) is 5.33. The monoisotopic (exact) mass is 269 g/mol. The number of nitrogen functional groups attached to an aromatic ring is 1. The number of aromatic nitrogens is 1. The molecule has 0 spiro atoms. The third-order valence-electron chi connectivity index (χ3n) is 2.82. The Hall–Kier alpha value is -1.10. The Bertz CT molecular complexity index is 357. The fraction of sp³-hybridized carbons (Fsp3) is 0.692. The first-order valence-electron chi connectivity index (χ1n) is 6.65. The van der Waals surface area contributed by atoms with Gasteiger partial charge in [0.2, 0.25) is 5.91 Å². The largest absolute Gasteiger partial charge is 0.375 e. The van der Waals surface area contributed by atoms with Gasteiger partial charge in [-0.05, 0) is 12.8 Å². The average Bonchev–Trinajstić information content (AvgIpc) is 2.75. The van der Waals surface area contributed by atoms with Gasteiger partial charge in [0.25, 0.3) is 0 Å². The van der Waals surface area contributed by atoms with E-state index in [2.05, 4.69) is 18.8 Å². The van der Waals surface area contributed by atoms with Gasteiger partial charge in [0.1, 0.15) is 0 Å². The first-order valence-corrected chi connectivity index (χ1v) is 7.53. The van der Waals surface area contributed by atoms with E-state index < -0.39 is 0 Å². The van der Waals surface area contributed by atoms with E-state index >= 15 is 0 Å². The van der Waals surface area contributed by atoms with Gasteiger partial charge in [-0.25, -0.2) is 4.98 Å². The molecule has 0 radical (unpaired) electrons. The number of hydrogen-bond donors (Lipinski definition) is 1. The van der Waals surface area contributed by atoms with Crippen molar-refractivity contribution >= 4 is 22.4 Å². The fourth-order valence-corrected chi connectivity index (χ4v) is 2.29. The third-order valence-corrected chi connectivity index (χ3v) is 3.54. The van der Waals surface area contributed by atoms with E-state index in [4.69, 9.17) is 5.73 Å². The van der Waals surface area contributed by atoms with Gasteiger partial charge in [0, 0.05) is 18.5 Å². The van der Waals surface area contributed by atoms with Gasteiger partial charge in [-0.3, -0.25) is 4.79 Å². The predicted octanol–water partition coefficient (Wildman–Crippen LogP) is 2.70. The van der Waals surface area contributed by atoms with E-state index in [0.717, 1.165) is 44.5 Å². The van der Waals surface area contributed by atoms with Crippen molar-refractivity contribution < 1.29 is 4.79 Å². The normalized spacial score (nSPS) is 10.6. The lowest BCUT2D eigenvalue weighted by Crippen LogP contribution is -2.34. The van der Waals surface area contributed by atoms with E-state index in [-0.39, 0.29) is 5.91 Å². The van der Waals surface area contributed by atoms with Gasteiger partial charge in [0.15, 0.2) is 5.13 Å². The molecule has 0 saturated heterocycles. The Morgan fingerprint density at radius 2 is 1.94 bits per heavy atom. The first-order chi connectivity index (χ1) is 8.67. The third kappa shape index (κ3) is 5.04. The van der Waals surface area contributed by atoms with Crippen molar-refractivity contribution in [2.45, 2.75) is 46.0 Å². The maximum atomic E-state index is 12.2. The molecule has 4 nitrogen and oxygen atoms in total. The molecule has 1 heterocycles. The van der Waals surface area contributed by atoms with Crippen molar-refractivity contribution in [2.24, 2.45) is 0 Å². The van der Waals surface area contributed by atoms with Crippen molar-refractivity contribution in [3.8, 4) is 0 Å². The SMILES string of the molecule is CCCCN(CCCC)C(=O)Cc1csc(N)n1. The first kappa shape index (κ1) is 15.0. The Balaban J connectivity index is 2.51. The minimum atomic E-state index is 0.169. The highest BCUT2D eigenvalue weighted by Gasteiger charge is 2.14. The lowest BCUT2D eigenvalue weighted by atomic mass is 10.2. The van der Waals surface area contributed by atoms with Crippen LogP contribution in [0.2, 0.25) is 0 Å². The van der Waals surface area contributed by atoms with Crippen LogP contribution in [-0.2, 0) is 11.2 Å². The highest BCUT2D eigenvalue weighted by molar-refractivity contribution is 7.13. The molecule has 5 heteroatoms. The van der Waals surface area contributed by atoms with Crippen LogP contribution in [0, 0.1) is 0 Å². The molecule has 0 aliphatic rings. The molecule has 0 atom stereocenters. The van der Waals surface area contributed by atoms with E-state index in [1.54, 1.807) is 0 Å². The summed E-state index contributed by atoms with van der Waals surface area (Å²) in [5.41, 5.74) is 6.37. The summed E-state index contributed by atoms with van der Waals surface area (Å²) in [5, 5.41) is 2.40. The van der Waals surface area contributed by atoms with E-state index in [1.807, 2.05) is 10.3 Å². The summed E-state index contributed by atoms with van der Waals surface area (Å²) in [7, 11) is 0. The van der Waals surface area contributed by atoms with Crippen LogP contribution in [0.3, 0.4) is 0 Å². The molecule has 0 aromatic carbocycles. The highest BCUT2D eigenvalue weighted by Crippen LogP contribution is 2.12. The molecule has 0 bridgehead atoms. The van der Waals surface area contributed by atoms with Crippen LogP contribution in [0.15, 0.2) is 5.38 Å². The molecular weight excluding hydrogens is 246 g/mol. The number of thiazole rings is 1. The quantitative estimate of drug-likeness (QED) is 0.789. The summed E-state index contributed by atoms with van der Waals surface area (Å²) in [6.07, 6.45) is 4.73. The number of amides is 1. The van der Waals surface area contributed by atoms with Crippen LogP contribution in [-0.4, -0.2) is 28.9 Å². The van der Waals surface area contributed by atoms with Crippen molar-refractivity contribution in [1.29, 1.82) is 0 Å². The van der Waals surface area contributed by atoms with Crippen LogP contribution >= 0.6 is 11.3 Å². The fourth-order valence-electron chi connectivity index (χ4n) is 1.73. The average molecular weight is 269 g/mol. The summed E-state index contributed by atoms with van der Waals surface area (Å²) in [6.45, 7) is 6.00. The Labute approximate surface area is 113 Å². The summed E-state index contributed by atoms with van der Waals surface area (Å²) < 4.78 is 0. The minimum Gasteiger partial charge on any atom is -0.375 e. The molecule has 102 valence electrons. The van der Waals surface area contributed by atoms with Crippen LogP contribution in [0.5, 0.6) is 0 Å². The van der Waals surface area contributed by atoms with Gasteiger partial charge in [-0.1, -0.05) is 26.7 Å². The Morgan fingerprint density at radius 1 is 1.33 bits per heavy atom. The molecule has 2 N–H and O–H groups in total. The Morgan fingerprint density at radius 3 is 2.39 bits per heavy atom. The van der Waals surface area contributed by atoms with Gasteiger partial charge in [0.05, 0.1) is 12.1 Å². The molecule has 18 heavy (non-hydrogen) atoms. The topological polar surface area (TPSA) is 59.2 Å². The molecule has 1 rings (SSSR count). The number of carbonyl (C=O) groups excluding carboxylic acids is 1. The zero-order valence-corrected chi connectivity index (χ0v) is 12.1. The smallest absolute Gasteiger partial charge is 0.228 e. The summed E-state index contributed by atoms with van der Waals surface area (Å²) in [6, 6.07) is 0. The van der Waals surface area contributed by atoms with Crippen LogP contribution in [0.4, 0.5) is 5.13 Å². The zero-order valence-electron chi connectivity index (χ0n) is 11.3. The molecule has 0 aliphatic carbocycles. The predicted molar refractivity (Wildman–Crippen MR) is 76.6 cm³/mol. The van der Waals surface area contributed by atoms with Gasteiger partial charge in [-0.2, -0.15) is 0 Å². The standard InChI is InChI=1S/C13H23N3OS/c1-3-5-7-16(8-6-4-2)12(17)9-11-10-18-13(14)15-11/h10H,3-9H2,1-2H3,(H2,14,15). The zero-order chi connectivity index (χ0) is 13.4. The summed E-state index contributed by atoms with van der Waals surface area (Å²) in [5.74, 6) is 0.169. The summed E-state index contributed by atoms with van der Waals surface area (Å²) >= 11 is 1.39. The van der Waals surface area contributed by atoms with E-state index in [0.29, 0.717) is 11.6 Å². The van der Waals surface area contributed by atoms with Crippen LogP contribution < -0.4 is 5.73 Å². The second kappa shape index (κ2) is 8.08. The molecule has 1 aromatic heterocycles. The molecule has 0 fully saturated rings. The van der Waals surface area contributed by atoms with Crippen LogP contribution in [0.1, 0.15) is 45.2 Å². The van der Waals surface area contributed by atoms with Crippen LogP contribution in [0.25, 0.3) is 0 Å². The number of nitrogens with two attached hydrogens (primary N) is 1. The second-order valence-electron chi connectivity index (χ2n) is 4.44. The van der Waals surface area contributed by atoms with E-state index in [9.17, 15) is 4.79 Å². The highest BCUT2D eigenvalue weighted by atomic mass is 32.1. The molecule has 1 aromatic rings.